The molecule has 104 valence electrons. The van der Waals surface area contributed by atoms with Gasteiger partial charge in [0.05, 0.1) is 5.02 Å². The predicted octanol–water partition coefficient (Wildman–Crippen LogP) is 4.05. The Kier molecular flexibility index (Phi) is 4.52. The highest BCUT2D eigenvalue weighted by molar-refractivity contribution is 9.10. The summed E-state index contributed by atoms with van der Waals surface area (Å²) in [6.45, 7) is 0. The topological polar surface area (TPSA) is 69.6 Å². The third kappa shape index (κ3) is 3.43. The summed E-state index contributed by atoms with van der Waals surface area (Å²) in [5.41, 5.74) is 1.13. The smallest absolute Gasteiger partial charge is 0.330 e. The molecule has 20 heavy (non-hydrogen) atoms. The number of aromatic hydroxyl groups is 1. The second-order valence-corrected chi connectivity index (χ2v) is 5.46. The van der Waals surface area contributed by atoms with Gasteiger partial charge in [0.2, 0.25) is 0 Å². The molecule has 0 spiro atoms. The van der Waals surface area contributed by atoms with Crippen LogP contribution in [-0.4, -0.2) is 16.2 Å². The lowest BCUT2D eigenvalue weighted by Crippen LogP contribution is -2.20. The number of benzene rings is 2. The number of hydrogen-bond acceptors (Lipinski definition) is 3. The van der Waals surface area contributed by atoms with Crippen LogP contribution in [0.1, 0.15) is 11.6 Å². The number of phenols is 1. The maximum Gasteiger partial charge on any atom is 0.330 e. The first-order valence-electron chi connectivity index (χ1n) is 5.70. The summed E-state index contributed by atoms with van der Waals surface area (Å²) in [7, 11) is 0. The van der Waals surface area contributed by atoms with Gasteiger partial charge in [-0.3, -0.25) is 0 Å². The maximum absolute atomic E-state index is 11.4. The van der Waals surface area contributed by atoms with Crippen LogP contribution in [-0.2, 0) is 4.79 Å². The molecular weight excluding hydrogens is 346 g/mol. The summed E-state index contributed by atoms with van der Waals surface area (Å²) in [5.74, 6) is -1.11. The zero-order chi connectivity index (χ0) is 14.7. The quantitative estimate of drug-likeness (QED) is 0.773. The first-order chi connectivity index (χ1) is 9.47. The molecule has 0 heterocycles. The molecule has 0 fully saturated rings. The minimum Gasteiger partial charge on any atom is -0.506 e. The van der Waals surface area contributed by atoms with Gasteiger partial charge >= 0.3 is 5.97 Å². The van der Waals surface area contributed by atoms with Crippen molar-refractivity contribution in [2.45, 2.75) is 6.04 Å². The Morgan fingerprint density at radius 1 is 1.20 bits per heavy atom. The molecule has 0 radical (unpaired) electrons. The monoisotopic (exact) mass is 355 g/mol. The lowest BCUT2D eigenvalue weighted by atomic mass is 10.1. The van der Waals surface area contributed by atoms with E-state index in [2.05, 4.69) is 21.2 Å². The van der Waals surface area contributed by atoms with E-state index in [4.69, 9.17) is 11.6 Å². The average molecular weight is 357 g/mol. The van der Waals surface area contributed by atoms with E-state index in [-0.39, 0.29) is 10.8 Å². The van der Waals surface area contributed by atoms with Gasteiger partial charge in [-0.25, -0.2) is 4.79 Å². The number of phenolic OH excluding ortho intramolecular Hbond substituents is 1. The average Bonchev–Trinajstić information content (AvgIpc) is 2.41. The molecule has 2 rings (SSSR count). The van der Waals surface area contributed by atoms with Crippen molar-refractivity contribution in [3.8, 4) is 5.75 Å². The fraction of sp³-hybridized carbons (Fsp3) is 0.0714. The van der Waals surface area contributed by atoms with Gasteiger partial charge in [0.1, 0.15) is 5.75 Å². The molecule has 0 aliphatic heterocycles. The minimum atomic E-state index is -1.03. The lowest BCUT2D eigenvalue weighted by Gasteiger charge is -2.16. The molecule has 6 heteroatoms. The second kappa shape index (κ2) is 6.15. The van der Waals surface area contributed by atoms with Crippen molar-refractivity contribution in [2.75, 3.05) is 5.32 Å². The van der Waals surface area contributed by atoms with Crippen LogP contribution in [0.4, 0.5) is 5.69 Å². The van der Waals surface area contributed by atoms with Crippen molar-refractivity contribution >= 4 is 39.2 Å². The Hall–Kier alpha value is -1.72. The SMILES string of the molecule is O=C(O)C(Nc1ccc(Br)cc1)c1ccc(O)c(Cl)c1. The van der Waals surface area contributed by atoms with Crippen LogP contribution < -0.4 is 5.32 Å². The molecule has 0 aromatic heterocycles. The highest BCUT2D eigenvalue weighted by Gasteiger charge is 2.20. The van der Waals surface area contributed by atoms with Crippen LogP contribution in [0.3, 0.4) is 0 Å². The maximum atomic E-state index is 11.4. The number of anilines is 1. The number of carbonyl (C=O) groups is 1. The molecule has 4 nitrogen and oxygen atoms in total. The van der Waals surface area contributed by atoms with E-state index >= 15 is 0 Å². The Balaban J connectivity index is 2.29. The summed E-state index contributed by atoms with van der Waals surface area (Å²) >= 11 is 9.12. The highest BCUT2D eigenvalue weighted by atomic mass is 79.9. The van der Waals surface area contributed by atoms with E-state index in [1.54, 1.807) is 12.1 Å². The standard InChI is InChI=1S/C14H11BrClNO3/c15-9-2-4-10(5-3-9)17-13(14(19)20)8-1-6-12(18)11(16)7-8/h1-7,13,17-18H,(H,19,20). The lowest BCUT2D eigenvalue weighted by molar-refractivity contribution is -0.138. The molecular formula is C14H11BrClNO3. The highest BCUT2D eigenvalue weighted by Crippen LogP contribution is 2.28. The number of carboxylic acid groups (broad SMARTS) is 1. The first-order valence-corrected chi connectivity index (χ1v) is 6.88. The van der Waals surface area contributed by atoms with Gasteiger partial charge in [0.15, 0.2) is 6.04 Å². The van der Waals surface area contributed by atoms with Gasteiger partial charge in [-0.15, -0.1) is 0 Å². The molecule has 0 aliphatic rings. The number of hydrogen-bond donors (Lipinski definition) is 3. The summed E-state index contributed by atoms with van der Waals surface area (Å²) in [6.07, 6.45) is 0. The van der Waals surface area contributed by atoms with Crippen LogP contribution in [0.2, 0.25) is 5.02 Å². The van der Waals surface area contributed by atoms with Crippen LogP contribution in [0.5, 0.6) is 5.75 Å². The zero-order valence-electron chi connectivity index (χ0n) is 10.2. The number of aliphatic carboxylic acids is 1. The molecule has 0 saturated heterocycles. The molecule has 0 amide bonds. The normalized spacial score (nSPS) is 11.9. The molecule has 1 atom stereocenters. The van der Waals surface area contributed by atoms with Crippen molar-refractivity contribution in [3.05, 3.63) is 57.5 Å². The van der Waals surface area contributed by atoms with Gasteiger partial charge in [-0.1, -0.05) is 33.6 Å². The Morgan fingerprint density at radius 2 is 1.85 bits per heavy atom. The Bertz CT molecular complexity index is 631. The largest absolute Gasteiger partial charge is 0.506 e. The fourth-order valence-corrected chi connectivity index (χ4v) is 2.16. The first kappa shape index (κ1) is 14.7. The molecule has 0 saturated carbocycles. The zero-order valence-corrected chi connectivity index (χ0v) is 12.5. The van der Waals surface area contributed by atoms with Crippen LogP contribution in [0.25, 0.3) is 0 Å². The Labute approximate surface area is 129 Å². The third-order valence-electron chi connectivity index (χ3n) is 2.71. The Morgan fingerprint density at radius 3 is 2.40 bits per heavy atom. The van der Waals surface area contributed by atoms with Crippen LogP contribution >= 0.6 is 27.5 Å². The summed E-state index contributed by atoms with van der Waals surface area (Å²) in [4.78, 5) is 11.4. The molecule has 1 unspecified atom stereocenters. The number of halogens is 2. The van der Waals surface area contributed by atoms with Crippen molar-refractivity contribution in [1.29, 1.82) is 0 Å². The van der Waals surface area contributed by atoms with Gasteiger partial charge in [-0.2, -0.15) is 0 Å². The van der Waals surface area contributed by atoms with Crippen LogP contribution in [0.15, 0.2) is 46.9 Å². The molecule has 3 N–H and O–H groups in total. The summed E-state index contributed by atoms with van der Waals surface area (Å²) in [5, 5.41) is 21.7. The van der Waals surface area contributed by atoms with Crippen molar-refractivity contribution in [3.63, 3.8) is 0 Å². The molecule has 0 aliphatic carbocycles. The number of nitrogens with one attached hydrogen (secondary N) is 1. The molecule has 0 bridgehead atoms. The second-order valence-electron chi connectivity index (χ2n) is 4.13. The van der Waals surface area contributed by atoms with E-state index < -0.39 is 12.0 Å². The fourth-order valence-electron chi connectivity index (χ4n) is 1.70. The van der Waals surface area contributed by atoms with Gasteiger partial charge < -0.3 is 15.5 Å². The molecule has 2 aromatic carbocycles. The van der Waals surface area contributed by atoms with E-state index in [0.29, 0.717) is 11.3 Å². The summed E-state index contributed by atoms with van der Waals surface area (Å²) in [6, 6.07) is 10.5. The number of carboxylic acids is 1. The predicted molar refractivity (Wildman–Crippen MR) is 81.3 cm³/mol. The van der Waals surface area contributed by atoms with E-state index in [1.807, 2.05) is 12.1 Å². The number of rotatable bonds is 4. The van der Waals surface area contributed by atoms with Crippen molar-refractivity contribution in [2.24, 2.45) is 0 Å². The summed E-state index contributed by atoms with van der Waals surface area (Å²) < 4.78 is 0.905. The molecule has 2 aromatic rings. The van der Waals surface area contributed by atoms with Crippen molar-refractivity contribution < 1.29 is 15.0 Å². The van der Waals surface area contributed by atoms with Gasteiger partial charge in [-0.05, 0) is 42.0 Å². The minimum absolute atomic E-state index is 0.0804. The van der Waals surface area contributed by atoms with Crippen molar-refractivity contribution in [1.82, 2.24) is 0 Å². The van der Waals surface area contributed by atoms with Gasteiger partial charge in [0.25, 0.3) is 0 Å². The van der Waals surface area contributed by atoms with Gasteiger partial charge in [0, 0.05) is 10.2 Å². The van der Waals surface area contributed by atoms with E-state index in [1.165, 1.54) is 18.2 Å². The third-order valence-corrected chi connectivity index (χ3v) is 3.54. The van der Waals surface area contributed by atoms with Crippen LogP contribution in [0, 0.1) is 0 Å². The van der Waals surface area contributed by atoms with E-state index in [0.717, 1.165) is 4.47 Å². The van der Waals surface area contributed by atoms with E-state index in [9.17, 15) is 15.0 Å².